The molecule has 1 aliphatic carbocycles. The zero-order chi connectivity index (χ0) is 10.5. The van der Waals surface area contributed by atoms with Gasteiger partial charge in [0.1, 0.15) is 5.15 Å². The average molecular weight is 225 g/mol. The smallest absolute Gasteiger partial charge is 0.250 e. The third kappa shape index (κ3) is 1.49. The van der Waals surface area contributed by atoms with Gasteiger partial charge in [-0.25, -0.2) is 0 Å². The number of alkyl halides is 3. The zero-order valence-corrected chi connectivity index (χ0v) is 8.15. The standard InChI is InChI=1S/C8H8ClF3N2/c1-4-6(8(10,11)12)13-14(7(4)9)5-2-3-5/h5H,2-3H2,1H3. The second kappa shape index (κ2) is 2.89. The number of aromatic nitrogens is 2. The molecule has 1 aromatic heterocycles. The molecular formula is C8H8ClF3N2. The van der Waals surface area contributed by atoms with E-state index in [0.29, 0.717) is 0 Å². The fourth-order valence-corrected chi connectivity index (χ4v) is 1.59. The summed E-state index contributed by atoms with van der Waals surface area (Å²) in [6.07, 6.45) is -2.69. The molecule has 6 heteroatoms. The van der Waals surface area contributed by atoms with Crippen LogP contribution in [-0.2, 0) is 6.18 Å². The van der Waals surface area contributed by atoms with E-state index in [-0.39, 0.29) is 16.8 Å². The van der Waals surface area contributed by atoms with E-state index >= 15 is 0 Å². The molecule has 1 fully saturated rings. The Morgan fingerprint density at radius 3 is 2.36 bits per heavy atom. The number of hydrogen-bond donors (Lipinski definition) is 0. The highest BCUT2D eigenvalue weighted by molar-refractivity contribution is 6.30. The average Bonchev–Trinajstić information content (AvgIpc) is 2.81. The molecule has 0 amide bonds. The summed E-state index contributed by atoms with van der Waals surface area (Å²) in [5, 5.41) is 3.61. The van der Waals surface area contributed by atoms with Gasteiger partial charge in [-0.3, -0.25) is 4.68 Å². The molecule has 0 aromatic carbocycles. The van der Waals surface area contributed by atoms with Crippen LogP contribution >= 0.6 is 11.6 Å². The van der Waals surface area contributed by atoms with Gasteiger partial charge in [0.05, 0.1) is 6.04 Å². The molecule has 0 N–H and O–H groups in total. The molecule has 0 radical (unpaired) electrons. The van der Waals surface area contributed by atoms with Crippen LogP contribution in [0, 0.1) is 6.92 Å². The van der Waals surface area contributed by atoms with Gasteiger partial charge < -0.3 is 0 Å². The number of rotatable bonds is 1. The maximum atomic E-state index is 12.4. The summed E-state index contributed by atoms with van der Waals surface area (Å²) in [6.45, 7) is 1.34. The predicted octanol–water partition coefficient (Wildman–Crippen LogP) is 3.20. The quantitative estimate of drug-likeness (QED) is 0.716. The van der Waals surface area contributed by atoms with Gasteiger partial charge in [-0.2, -0.15) is 18.3 Å². The first kappa shape index (κ1) is 9.83. The van der Waals surface area contributed by atoms with Crippen molar-refractivity contribution in [3.63, 3.8) is 0 Å². The molecule has 0 bridgehead atoms. The van der Waals surface area contributed by atoms with Crippen LogP contribution < -0.4 is 0 Å². The number of hydrogen-bond acceptors (Lipinski definition) is 1. The maximum absolute atomic E-state index is 12.4. The van der Waals surface area contributed by atoms with E-state index in [1.54, 1.807) is 0 Å². The van der Waals surface area contributed by atoms with Crippen molar-refractivity contribution >= 4 is 11.6 Å². The van der Waals surface area contributed by atoms with Crippen LogP contribution in [0.25, 0.3) is 0 Å². The summed E-state index contributed by atoms with van der Waals surface area (Å²) < 4.78 is 38.5. The molecule has 1 aromatic rings. The Labute approximate surface area is 83.7 Å². The minimum Gasteiger partial charge on any atom is -0.250 e. The second-order valence-corrected chi connectivity index (χ2v) is 3.80. The van der Waals surface area contributed by atoms with Gasteiger partial charge >= 0.3 is 6.18 Å². The molecule has 0 saturated heterocycles. The molecule has 1 saturated carbocycles. The van der Waals surface area contributed by atoms with Gasteiger partial charge in [0.15, 0.2) is 5.69 Å². The summed E-state index contributed by atoms with van der Waals surface area (Å²) in [5.74, 6) is 0. The van der Waals surface area contributed by atoms with E-state index < -0.39 is 11.9 Å². The third-order valence-electron chi connectivity index (χ3n) is 2.23. The summed E-state index contributed by atoms with van der Waals surface area (Å²) in [6, 6.07) is 0.0669. The molecule has 2 rings (SSSR count). The molecule has 14 heavy (non-hydrogen) atoms. The lowest BCUT2D eigenvalue weighted by atomic mass is 10.3. The highest BCUT2D eigenvalue weighted by Gasteiger charge is 2.39. The Morgan fingerprint density at radius 2 is 2.00 bits per heavy atom. The van der Waals surface area contributed by atoms with Crippen LogP contribution in [0.3, 0.4) is 0 Å². The number of halogens is 4. The van der Waals surface area contributed by atoms with Crippen molar-refractivity contribution in [2.45, 2.75) is 32.0 Å². The normalized spacial score (nSPS) is 17.5. The Hall–Kier alpha value is -0.710. The molecule has 0 spiro atoms. The van der Waals surface area contributed by atoms with E-state index in [4.69, 9.17) is 11.6 Å². The largest absolute Gasteiger partial charge is 0.435 e. The SMILES string of the molecule is Cc1c(C(F)(F)F)nn(C2CC2)c1Cl. The Morgan fingerprint density at radius 1 is 1.43 bits per heavy atom. The lowest BCUT2D eigenvalue weighted by Gasteiger charge is -2.01. The summed E-state index contributed by atoms with van der Waals surface area (Å²) in [7, 11) is 0. The Balaban J connectivity index is 2.47. The Kier molecular flexibility index (Phi) is 2.03. The van der Waals surface area contributed by atoms with Crippen molar-refractivity contribution in [3.8, 4) is 0 Å². The second-order valence-electron chi connectivity index (χ2n) is 3.44. The van der Waals surface area contributed by atoms with Crippen LogP contribution in [0.2, 0.25) is 5.15 Å². The van der Waals surface area contributed by atoms with E-state index in [1.807, 2.05) is 0 Å². The van der Waals surface area contributed by atoms with Crippen LogP contribution in [-0.4, -0.2) is 9.78 Å². The molecular weight excluding hydrogens is 217 g/mol. The van der Waals surface area contributed by atoms with E-state index in [1.165, 1.54) is 11.6 Å². The van der Waals surface area contributed by atoms with Gasteiger partial charge in [-0.05, 0) is 19.8 Å². The predicted molar refractivity (Wildman–Crippen MR) is 45.2 cm³/mol. The van der Waals surface area contributed by atoms with Gasteiger partial charge in [-0.1, -0.05) is 11.6 Å². The fraction of sp³-hybridized carbons (Fsp3) is 0.625. The van der Waals surface area contributed by atoms with E-state index in [0.717, 1.165) is 12.8 Å². The highest BCUT2D eigenvalue weighted by Crippen LogP contribution is 2.41. The topological polar surface area (TPSA) is 17.8 Å². The fourth-order valence-electron chi connectivity index (χ4n) is 1.33. The summed E-state index contributed by atoms with van der Waals surface area (Å²) in [4.78, 5) is 0. The summed E-state index contributed by atoms with van der Waals surface area (Å²) in [5.41, 5.74) is -0.847. The third-order valence-corrected chi connectivity index (χ3v) is 2.69. The molecule has 1 heterocycles. The molecule has 1 aliphatic rings. The van der Waals surface area contributed by atoms with Crippen molar-refractivity contribution < 1.29 is 13.2 Å². The summed E-state index contributed by atoms with van der Waals surface area (Å²) >= 11 is 5.76. The number of nitrogens with zero attached hydrogens (tertiary/aromatic N) is 2. The zero-order valence-electron chi connectivity index (χ0n) is 7.40. The molecule has 0 aliphatic heterocycles. The van der Waals surface area contributed by atoms with Gasteiger partial charge in [0, 0.05) is 5.56 Å². The molecule has 0 unspecified atom stereocenters. The van der Waals surface area contributed by atoms with E-state index in [2.05, 4.69) is 5.10 Å². The lowest BCUT2D eigenvalue weighted by molar-refractivity contribution is -0.141. The van der Waals surface area contributed by atoms with Crippen molar-refractivity contribution in [3.05, 3.63) is 16.4 Å². The Bertz CT molecular complexity index is 365. The molecule has 78 valence electrons. The van der Waals surface area contributed by atoms with Gasteiger partial charge in [0.25, 0.3) is 0 Å². The van der Waals surface area contributed by atoms with Crippen molar-refractivity contribution in [1.29, 1.82) is 0 Å². The maximum Gasteiger partial charge on any atom is 0.435 e. The molecule has 0 atom stereocenters. The minimum absolute atomic E-state index is 0.0195. The van der Waals surface area contributed by atoms with E-state index in [9.17, 15) is 13.2 Å². The van der Waals surface area contributed by atoms with Crippen LogP contribution in [0.5, 0.6) is 0 Å². The van der Waals surface area contributed by atoms with Crippen LogP contribution in [0.4, 0.5) is 13.2 Å². The molecule has 2 nitrogen and oxygen atoms in total. The van der Waals surface area contributed by atoms with Crippen molar-refractivity contribution in [2.24, 2.45) is 0 Å². The first-order valence-corrected chi connectivity index (χ1v) is 4.61. The van der Waals surface area contributed by atoms with Crippen LogP contribution in [0.15, 0.2) is 0 Å². The van der Waals surface area contributed by atoms with Gasteiger partial charge in [0.2, 0.25) is 0 Å². The monoisotopic (exact) mass is 224 g/mol. The van der Waals surface area contributed by atoms with Crippen molar-refractivity contribution in [1.82, 2.24) is 9.78 Å². The minimum atomic E-state index is -4.41. The van der Waals surface area contributed by atoms with Gasteiger partial charge in [-0.15, -0.1) is 0 Å². The van der Waals surface area contributed by atoms with Crippen molar-refractivity contribution in [2.75, 3.05) is 0 Å². The van der Waals surface area contributed by atoms with Crippen LogP contribution in [0.1, 0.15) is 30.1 Å². The lowest BCUT2D eigenvalue weighted by Crippen LogP contribution is -2.08. The highest BCUT2D eigenvalue weighted by atomic mass is 35.5. The first-order chi connectivity index (χ1) is 6.41. The first-order valence-electron chi connectivity index (χ1n) is 4.23.